The highest BCUT2D eigenvalue weighted by Crippen LogP contribution is 2.86. The van der Waals surface area contributed by atoms with Crippen molar-refractivity contribution in [3.05, 3.63) is 131 Å². The Balaban J connectivity index is 1.52. The predicted molar refractivity (Wildman–Crippen MR) is 139 cm³/mol. The van der Waals surface area contributed by atoms with Crippen LogP contribution in [-0.2, 0) is 4.57 Å². The fourth-order valence-corrected chi connectivity index (χ4v) is 11.9. The van der Waals surface area contributed by atoms with E-state index in [1.165, 1.54) is 22.3 Å². The Morgan fingerprint density at radius 3 is 1.91 bits per heavy atom. The summed E-state index contributed by atoms with van der Waals surface area (Å²) >= 11 is 1.58. The molecule has 0 bridgehead atoms. The van der Waals surface area contributed by atoms with E-state index in [2.05, 4.69) is 78.9 Å². The average Bonchev–Trinajstić information content (AvgIpc) is 3.41. The maximum Gasteiger partial charge on any atom is 0.165 e. The second kappa shape index (κ2) is 8.09. The number of benzene rings is 4. The van der Waals surface area contributed by atoms with Gasteiger partial charge in [0.15, 0.2) is 6.34 Å². The molecule has 0 unspecified atom stereocenters. The van der Waals surface area contributed by atoms with Crippen LogP contribution in [0.4, 0.5) is 0 Å². The lowest BCUT2D eigenvalue weighted by Gasteiger charge is -2.27. The molecule has 2 nitrogen and oxygen atoms in total. The summed E-state index contributed by atoms with van der Waals surface area (Å²) < 4.78 is 20.6. The van der Waals surface area contributed by atoms with Crippen LogP contribution in [-0.4, -0.2) is 7.11 Å². The van der Waals surface area contributed by atoms with Crippen LogP contribution in [0.25, 0.3) is 16.0 Å². The van der Waals surface area contributed by atoms with E-state index < -0.39 is 6.34 Å². The first kappa shape index (κ1) is 20.6. The van der Waals surface area contributed by atoms with Crippen LogP contribution in [0.2, 0.25) is 0 Å². The first-order valence-electron chi connectivity index (χ1n) is 11.1. The van der Waals surface area contributed by atoms with Crippen LogP contribution in [0.1, 0.15) is 33.6 Å². The lowest BCUT2D eigenvalue weighted by Crippen LogP contribution is -2.02. The van der Waals surface area contributed by atoms with Crippen molar-refractivity contribution in [2.75, 3.05) is 7.11 Å². The van der Waals surface area contributed by atoms with Crippen LogP contribution in [0.15, 0.2) is 109 Å². The van der Waals surface area contributed by atoms with E-state index in [4.69, 9.17) is 4.74 Å². The number of hydrogen-bond donors (Lipinski definition) is 0. The van der Waals surface area contributed by atoms with E-state index in [-0.39, 0.29) is 11.3 Å². The third kappa shape index (κ3) is 3.30. The zero-order chi connectivity index (χ0) is 22.4. The molecule has 0 saturated carbocycles. The van der Waals surface area contributed by atoms with E-state index in [1.54, 1.807) is 18.5 Å². The molecule has 1 aliphatic heterocycles. The number of allylic oxidation sites excluding steroid dienone is 1. The van der Waals surface area contributed by atoms with E-state index in [0.717, 1.165) is 21.8 Å². The van der Waals surface area contributed by atoms with Crippen molar-refractivity contribution in [1.82, 2.24) is 0 Å². The first-order valence-corrected chi connectivity index (χ1v) is 14.3. The Labute approximate surface area is 198 Å². The van der Waals surface area contributed by atoms with Crippen molar-refractivity contribution in [1.29, 1.82) is 0 Å². The molecule has 0 N–H and O–H groups in total. The zero-order valence-electron chi connectivity index (χ0n) is 18.2. The van der Waals surface area contributed by atoms with Gasteiger partial charge in [0.1, 0.15) is 5.75 Å². The van der Waals surface area contributed by atoms with Gasteiger partial charge in [-0.25, -0.2) is 0 Å². The zero-order valence-corrected chi connectivity index (χ0v) is 19.9. The minimum absolute atomic E-state index is 0.132. The molecule has 1 heterocycles. The fourth-order valence-electron chi connectivity index (χ4n) is 5.08. The molecule has 0 saturated heterocycles. The van der Waals surface area contributed by atoms with E-state index in [1.807, 2.05) is 30.3 Å². The minimum Gasteiger partial charge on any atom is -0.497 e. The monoisotopic (exact) mass is 466 g/mol. The summed E-state index contributed by atoms with van der Waals surface area (Å²) in [6.07, 6.45) is -0.634. The van der Waals surface area contributed by atoms with Gasteiger partial charge in [-0.15, -0.1) is 0 Å². The quantitative estimate of drug-likeness (QED) is 0.282. The third-order valence-electron chi connectivity index (χ3n) is 6.61. The summed E-state index contributed by atoms with van der Waals surface area (Å²) in [7, 11) is 1.67. The molecule has 2 aliphatic rings. The highest BCUT2D eigenvalue weighted by molar-refractivity contribution is 8.63. The topological polar surface area (TPSA) is 26.3 Å². The number of rotatable bonds is 4. The van der Waals surface area contributed by atoms with Crippen molar-refractivity contribution in [2.45, 2.75) is 11.3 Å². The Morgan fingerprint density at radius 2 is 1.30 bits per heavy atom. The van der Waals surface area contributed by atoms with Gasteiger partial charge < -0.3 is 9.30 Å². The molecule has 0 spiro atoms. The van der Waals surface area contributed by atoms with Gasteiger partial charge in [-0.3, -0.25) is 0 Å². The lowest BCUT2D eigenvalue weighted by atomic mass is 10.1. The number of ether oxygens (including phenoxy) is 1. The van der Waals surface area contributed by atoms with Gasteiger partial charge in [0.05, 0.1) is 18.4 Å². The van der Waals surface area contributed by atoms with E-state index in [0.29, 0.717) is 0 Å². The maximum absolute atomic E-state index is 15.3. The van der Waals surface area contributed by atoms with E-state index in [9.17, 15) is 0 Å². The number of hydrogen-bond acceptors (Lipinski definition) is 3. The van der Waals surface area contributed by atoms with Gasteiger partial charge in [0.2, 0.25) is 0 Å². The van der Waals surface area contributed by atoms with Crippen LogP contribution >= 0.6 is 17.7 Å². The summed E-state index contributed by atoms with van der Waals surface area (Å²) in [4.78, 5) is 1.08. The summed E-state index contributed by atoms with van der Waals surface area (Å²) in [5.74, 6) is 0.823. The SMILES string of the molecule is COc1ccc(C2=C[C@@H](c3ccccc3)[P@](=O)(C3c4ccccc4-c4ccccc43)S2)cc1. The Bertz CT molecular complexity index is 1360. The molecular formula is C29H23O2PS. The van der Waals surface area contributed by atoms with Crippen LogP contribution < -0.4 is 4.74 Å². The summed E-state index contributed by atoms with van der Waals surface area (Å²) in [5.41, 5.74) is 6.69. The molecule has 4 aromatic carbocycles. The van der Waals surface area contributed by atoms with Gasteiger partial charge in [-0.05, 0) is 45.5 Å². The normalized spacial score (nSPS) is 21.4. The Kier molecular flexibility index (Phi) is 5.05. The molecule has 4 aromatic rings. The van der Waals surface area contributed by atoms with Crippen molar-refractivity contribution < 1.29 is 9.30 Å². The second-order valence-electron chi connectivity index (χ2n) is 8.43. The van der Waals surface area contributed by atoms with Gasteiger partial charge >= 0.3 is 0 Å². The maximum atomic E-state index is 15.3. The molecule has 2 atom stereocenters. The smallest absolute Gasteiger partial charge is 0.165 e. The molecule has 0 radical (unpaired) electrons. The standard InChI is InChI=1S/C29H23O2PS/c1-31-22-17-15-21(16-18-22)28-19-27(20-9-3-2-4-10-20)32(30,33-28)29-25-13-7-5-11-23(25)24-12-6-8-14-26(24)29/h2-19,27,29H,1H3/t27-,32+/m0/s1. The summed E-state index contributed by atoms with van der Waals surface area (Å²) in [5, 5.41) is 0. The number of fused-ring (bicyclic) bond motifs is 3. The van der Waals surface area contributed by atoms with E-state index >= 15 is 4.57 Å². The molecule has 0 fully saturated rings. The number of methoxy groups -OCH3 is 1. The highest BCUT2D eigenvalue weighted by Gasteiger charge is 2.50. The van der Waals surface area contributed by atoms with Gasteiger partial charge in [-0.1, -0.05) is 108 Å². The van der Waals surface area contributed by atoms with Crippen molar-refractivity contribution in [3.63, 3.8) is 0 Å². The van der Waals surface area contributed by atoms with Crippen LogP contribution in [0.3, 0.4) is 0 Å². The average molecular weight is 467 g/mol. The molecule has 0 amide bonds. The predicted octanol–water partition coefficient (Wildman–Crippen LogP) is 8.57. The molecule has 0 aromatic heterocycles. The largest absolute Gasteiger partial charge is 0.497 e. The first-order chi connectivity index (χ1) is 16.2. The van der Waals surface area contributed by atoms with Crippen molar-refractivity contribution >= 4 is 22.6 Å². The molecule has 1 aliphatic carbocycles. The summed E-state index contributed by atoms with van der Waals surface area (Å²) in [6, 6.07) is 35.3. The summed E-state index contributed by atoms with van der Waals surface area (Å²) in [6.45, 7) is 0. The van der Waals surface area contributed by atoms with Crippen LogP contribution in [0.5, 0.6) is 5.75 Å². The minimum atomic E-state index is -2.86. The Hall–Kier alpha value is -3.00. The Morgan fingerprint density at radius 1 is 0.727 bits per heavy atom. The van der Waals surface area contributed by atoms with Gasteiger partial charge in [-0.2, -0.15) is 0 Å². The van der Waals surface area contributed by atoms with Crippen LogP contribution in [0, 0.1) is 0 Å². The molecule has 33 heavy (non-hydrogen) atoms. The molecule has 162 valence electrons. The third-order valence-corrected chi connectivity index (χ3v) is 12.7. The van der Waals surface area contributed by atoms with Gasteiger partial charge in [0.25, 0.3) is 0 Å². The fraction of sp³-hybridized carbons (Fsp3) is 0.103. The highest BCUT2D eigenvalue weighted by atomic mass is 32.7. The molecular weight excluding hydrogens is 443 g/mol. The molecule has 6 rings (SSSR count). The lowest BCUT2D eigenvalue weighted by molar-refractivity contribution is 0.415. The molecule has 4 heteroatoms. The van der Waals surface area contributed by atoms with Gasteiger partial charge in [0, 0.05) is 4.91 Å². The van der Waals surface area contributed by atoms with Crippen molar-refractivity contribution in [3.8, 4) is 16.9 Å². The second-order valence-corrected chi connectivity index (χ2v) is 13.7. The van der Waals surface area contributed by atoms with Crippen molar-refractivity contribution in [2.24, 2.45) is 0 Å².